The highest BCUT2D eigenvalue weighted by molar-refractivity contribution is 5.83. The van der Waals surface area contributed by atoms with Gasteiger partial charge in [0, 0.05) is 19.4 Å². The maximum absolute atomic E-state index is 12.0. The van der Waals surface area contributed by atoms with Crippen molar-refractivity contribution in [3.63, 3.8) is 0 Å². The lowest BCUT2D eigenvalue weighted by Gasteiger charge is -2.29. The molecule has 0 spiro atoms. The van der Waals surface area contributed by atoms with Crippen LogP contribution in [0, 0.1) is 0 Å². The van der Waals surface area contributed by atoms with Crippen molar-refractivity contribution in [1.82, 2.24) is 4.90 Å². The van der Waals surface area contributed by atoms with E-state index in [1.807, 2.05) is 17.9 Å². The lowest BCUT2D eigenvalue weighted by molar-refractivity contribution is -0.124. The molecule has 0 N–H and O–H groups in total. The Hall–Kier alpha value is -2.28. The summed E-state index contributed by atoms with van der Waals surface area (Å²) in [7, 11) is 3.35. The lowest BCUT2D eigenvalue weighted by atomic mass is 9.89. The standard InChI is InChI=1S/C23H32N2O5/c1-15-10-22(30-24-15)19-12-18(20(13-27-2)25(19)14-26)16-8-9-21(28-3)23(11-16)29-17-6-4-5-7-17/h8-9,11,14,17-20,22H,4-7,10,12-13H2,1-3H3. The van der Waals surface area contributed by atoms with Crippen LogP contribution in [0.3, 0.4) is 0 Å². The van der Waals surface area contributed by atoms with Crippen LogP contribution < -0.4 is 9.47 Å². The van der Waals surface area contributed by atoms with Gasteiger partial charge in [-0.05, 0) is 56.7 Å². The molecule has 1 amide bonds. The Morgan fingerprint density at radius 2 is 2.03 bits per heavy atom. The van der Waals surface area contributed by atoms with Crippen LogP contribution >= 0.6 is 0 Å². The molecular weight excluding hydrogens is 384 g/mol. The molecule has 4 rings (SSSR count). The maximum atomic E-state index is 12.0. The first-order chi connectivity index (χ1) is 14.6. The summed E-state index contributed by atoms with van der Waals surface area (Å²) < 4.78 is 17.4. The third-order valence-electron chi connectivity index (χ3n) is 6.67. The van der Waals surface area contributed by atoms with E-state index in [4.69, 9.17) is 19.0 Å². The summed E-state index contributed by atoms with van der Waals surface area (Å²) in [5, 5.41) is 4.10. The van der Waals surface area contributed by atoms with Crippen molar-refractivity contribution in [3.05, 3.63) is 23.8 Å². The minimum atomic E-state index is -0.105. The molecule has 0 radical (unpaired) electrons. The normalized spacial score (nSPS) is 29.0. The van der Waals surface area contributed by atoms with Crippen LogP contribution in [-0.4, -0.2) is 62.1 Å². The van der Waals surface area contributed by atoms with Gasteiger partial charge in [0.25, 0.3) is 0 Å². The number of carbonyl (C=O) groups excluding carboxylic acids is 1. The number of amides is 1. The highest BCUT2D eigenvalue weighted by Crippen LogP contribution is 2.43. The molecule has 0 bridgehead atoms. The Kier molecular flexibility index (Phi) is 6.46. The molecule has 4 unspecified atom stereocenters. The maximum Gasteiger partial charge on any atom is 0.210 e. The van der Waals surface area contributed by atoms with Crippen molar-refractivity contribution < 1.29 is 23.8 Å². The second-order valence-corrected chi connectivity index (χ2v) is 8.59. The third kappa shape index (κ3) is 4.13. The van der Waals surface area contributed by atoms with E-state index in [1.165, 1.54) is 12.8 Å². The molecule has 0 aromatic heterocycles. The van der Waals surface area contributed by atoms with E-state index in [-0.39, 0.29) is 30.2 Å². The fourth-order valence-corrected chi connectivity index (χ4v) is 5.16. The smallest absolute Gasteiger partial charge is 0.210 e. The van der Waals surface area contributed by atoms with Crippen molar-refractivity contribution in [3.8, 4) is 11.5 Å². The summed E-state index contributed by atoms with van der Waals surface area (Å²) in [6, 6.07) is 6.05. The number of likely N-dealkylation sites (tertiary alicyclic amines) is 1. The van der Waals surface area contributed by atoms with E-state index in [1.54, 1.807) is 14.2 Å². The van der Waals surface area contributed by atoms with E-state index >= 15 is 0 Å². The van der Waals surface area contributed by atoms with Crippen LogP contribution in [0.1, 0.15) is 56.9 Å². The van der Waals surface area contributed by atoms with Gasteiger partial charge >= 0.3 is 0 Å². The molecule has 1 aliphatic carbocycles. The predicted molar refractivity (Wildman–Crippen MR) is 113 cm³/mol. The minimum absolute atomic E-state index is 0.0323. The number of oxime groups is 1. The Bertz CT molecular complexity index is 777. The van der Waals surface area contributed by atoms with Gasteiger partial charge in [-0.25, -0.2) is 0 Å². The molecule has 4 atom stereocenters. The second kappa shape index (κ2) is 9.25. The van der Waals surface area contributed by atoms with Crippen LogP contribution in [0.4, 0.5) is 0 Å². The molecule has 164 valence electrons. The Balaban J connectivity index is 1.60. The van der Waals surface area contributed by atoms with Crippen molar-refractivity contribution in [2.75, 3.05) is 20.8 Å². The van der Waals surface area contributed by atoms with Gasteiger partial charge in [-0.2, -0.15) is 0 Å². The van der Waals surface area contributed by atoms with Crippen molar-refractivity contribution in [1.29, 1.82) is 0 Å². The summed E-state index contributed by atoms with van der Waals surface area (Å²) in [5.74, 6) is 1.66. The molecule has 3 aliphatic rings. The summed E-state index contributed by atoms with van der Waals surface area (Å²) in [6.07, 6.45) is 7.23. The molecule has 1 saturated heterocycles. The van der Waals surface area contributed by atoms with Crippen LogP contribution in [-0.2, 0) is 14.4 Å². The van der Waals surface area contributed by atoms with Gasteiger partial charge in [-0.1, -0.05) is 11.2 Å². The molecule has 7 heteroatoms. The number of hydrogen-bond acceptors (Lipinski definition) is 6. The molecule has 1 aromatic carbocycles. The Morgan fingerprint density at radius 3 is 2.67 bits per heavy atom. The van der Waals surface area contributed by atoms with Crippen molar-refractivity contribution in [2.45, 2.75) is 75.7 Å². The SMILES string of the molecule is COCC1C(c2ccc(OC)c(OC3CCCC3)c2)CC(C2CC(C)=NO2)N1C=O. The van der Waals surface area contributed by atoms with Crippen LogP contribution in [0.15, 0.2) is 23.4 Å². The molecular formula is C23H32N2O5. The number of rotatable bonds is 8. The number of nitrogens with zero attached hydrogens (tertiary/aromatic N) is 2. The number of benzene rings is 1. The van der Waals surface area contributed by atoms with Crippen molar-refractivity contribution in [2.24, 2.45) is 5.16 Å². The number of methoxy groups -OCH3 is 2. The third-order valence-corrected chi connectivity index (χ3v) is 6.67. The zero-order valence-electron chi connectivity index (χ0n) is 18.1. The van der Waals surface area contributed by atoms with Gasteiger partial charge < -0.3 is 23.9 Å². The summed E-state index contributed by atoms with van der Waals surface area (Å²) in [5.41, 5.74) is 2.10. The monoisotopic (exact) mass is 416 g/mol. The molecule has 7 nitrogen and oxygen atoms in total. The van der Waals surface area contributed by atoms with Gasteiger partial charge in [0.2, 0.25) is 6.41 Å². The largest absolute Gasteiger partial charge is 0.493 e. The van der Waals surface area contributed by atoms with E-state index in [9.17, 15) is 4.79 Å². The Labute approximate surface area is 178 Å². The summed E-state index contributed by atoms with van der Waals surface area (Å²) in [4.78, 5) is 19.6. The van der Waals surface area contributed by atoms with E-state index in [0.29, 0.717) is 6.61 Å². The highest BCUT2D eigenvalue weighted by Gasteiger charge is 2.46. The van der Waals surface area contributed by atoms with Gasteiger partial charge in [0.05, 0.1) is 37.6 Å². The molecule has 2 fully saturated rings. The summed E-state index contributed by atoms with van der Waals surface area (Å²) in [6.45, 7) is 2.43. The molecule has 2 aliphatic heterocycles. The fraction of sp³-hybridized carbons (Fsp3) is 0.652. The van der Waals surface area contributed by atoms with Gasteiger partial charge in [0.15, 0.2) is 17.6 Å². The topological polar surface area (TPSA) is 69.6 Å². The van der Waals surface area contributed by atoms with Crippen LogP contribution in [0.2, 0.25) is 0 Å². The predicted octanol–water partition coefficient (Wildman–Crippen LogP) is 3.51. The van der Waals surface area contributed by atoms with E-state index in [2.05, 4.69) is 17.3 Å². The Morgan fingerprint density at radius 1 is 1.23 bits per heavy atom. The fourth-order valence-electron chi connectivity index (χ4n) is 5.16. The van der Waals surface area contributed by atoms with Crippen LogP contribution in [0.5, 0.6) is 11.5 Å². The number of hydrogen-bond donors (Lipinski definition) is 0. The van der Waals surface area contributed by atoms with Gasteiger partial charge in [-0.3, -0.25) is 4.79 Å². The molecule has 1 aromatic rings. The van der Waals surface area contributed by atoms with E-state index < -0.39 is 0 Å². The quantitative estimate of drug-likeness (QED) is 0.607. The lowest BCUT2D eigenvalue weighted by Crippen LogP contribution is -2.44. The first kappa shape index (κ1) is 21.0. The minimum Gasteiger partial charge on any atom is -0.493 e. The van der Waals surface area contributed by atoms with Crippen LogP contribution in [0.25, 0.3) is 0 Å². The zero-order valence-corrected chi connectivity index (χ0v) is 18.1. The second-order valence-electron chi connectivity index (χ2n) is 8.59. The number of ether oxygens (including phenoxy) is 3. The zero-order chi connectivity index (χ0) is 21.1. The van der Waals surface area contributed by atoms with Gasteiger partial charge in [0.1, 0.15) is 0 Å². The van der Waals surface area contributed by atoms with Gasteiger partial charge in [-0.15, -0.1) is 0 Å². The highest BCUT2D eigenvalue weighted by atomic mass is 16.6. The first-order valence-corrected chi connectivity index (χ1v) is 10.9. The average Bonchev–Trinajstić information content (AvgIpc) is 3.48. The van der Waals surface area contributed by atoms with Crippen molar-refractivity contribution >= 4 is 12.1 Å². The average molecular weight is 417 g/mol. The number of carbonyl (C=O) groups is 1. The molecule has 30 heavy (non-hydrogen) atoms. The molecule has 2 heterocycles. The summed E-state index contributed by atoms with van der Waals surface area (Å²) >= 11 is 0. The van der Waals surface area contributed by atoms with E-state index in [0.717, 1.165) is 54.9 Å². The first-order valence-electron chi connectivity index (χ1n) is 10.9. The molecule has 1 saturated carbocycles.